The summed E-state index contributed by atoms with van der Waals surface area (Å²) < 4.78 is 15.2. The monoisotopic (exact) mass is 221 g/mol. The Morgan fingerprint density at radius 2 is 1.67 bits per heavy atom. The molecule has 92 valence electrons. The normalized spacial score (nSPS) is 10.8. The molecule has 5 heteroatoms. The van der Waals surface area contributed by atoms with E-state index >= 15 is 0 Å². The molecule has 0 bridgehead atoms. The van der Waals surface area contributed by atoms with Crippen LogP contribution in [0.5, 0.6) is 0 Å². The van der Waals surface area contributed by atoms with Gasteiger partial charge in [0.1, 0.15) is 0 Å². The summed E-state index contributed by atoms with van der Waals surface area (Å²) in [6.07, 6.45) is 1.02. The van der Waals surface area contributed by atoms with Crippen molar-refractivity contribution in [2.75, 3.05) is 59.8 Å². The van der Waals surface area contributed by atoms with Gasteiger partial charge in [-0.25, -0.2) is 0 Å². The molecule has 5 nitrogen and oxygen atoms in total. The van der Waals surface area contributed by atoms with Gasteiger partial charge < -0.3 is 24.6 Å². The molecule has 15 heavy (non-hydrogen) atoms. The van der Waals surface area contributed by atoms with Crippen molar-refractivity contribution in [3.63, 3.8) is 0 Å². The molecular weight excluding hydrogens is 198 g/mol. The number of hydrogen-bond acceptors (Lipinski definition) is 5. The zero-order valence-electron chi connectivity index (χ0n) is 9.54. The van der Waals surface area contributed by atoms with E-state index in [0.29, 0.717) is 26.4 Å². The number of aliphatic hydroxyl groups excluding tert-OH is 1. The largest absolute Gasteiger partial charge is 0.394 e. The molecule has 0 saturated heterocycles. The van der Waals surface area contributed by atoms with Crippen molar-refractivity contribution < 1.29 is 19.3 Å². The van der Waals surface area contributed by atoms with Crippen molar-refractivity contribution in [2.45, 2.75) is 6.42 Å². The lowest BCUT2D eigenvalue weighted by Crippen LogP contribution is -2.22. The zero-order valence-corrected chi connectivity index (χ0v) is 9.54. The molecule has 0 spiro atoms. The molecule has 2 N–H and O–H groups in total. The molecular formula is C10H23NO4. The van der Waals surface area contributed by atoms with Gasteiger partial charge in [-0.15, -0.1) is 0 Å². The quantitative estimate of drug-likeness (QED) is 0.441. The molecule has 0 aliphatic heterocycles. The van der Waals surface area contributed by atoms with Crippen molar-refractivity contribution in [3.05, 3.63) is 0 Å². The average Bonchev–Trinajstić information content (AvgIpc) is 2.26. The fourth-order valence-electron chi connectivity index (χ4n) is 0.997. The van der Waals surface area contributed by atoms with Gasteiger partial charge in [0, 0.05) is 20.3 Å². The zero-order chi connectivity index (χ0) is 11.2. The Hall–Kier alpha value is -0.200. The van der Waals surface area contributed by atoms with Crippen LogP contribution in [-0.2, 0) is 14.2 Å². The summed E-state index contributed by atoms with van der Waals surface area (Å²) >= 11 is 0. The predicted octanol–water partition coefficient (Wildman–Crippen LogP) is -0.362. The maximum Gasteiger partial charge on any atom is 0.0701 e. The van der Waals surface area contributed by atoms with Crippen LogP contribution in [0.2, 0.25) is 0 Å². The standard InChI is InChI=1S/C10H23NO4/c1-13-6-2-3-11-4-7-14-9-10-15-8-5-12/h11-12H,2-10H2,1H3. The first-order valence-corrected chi connectivity index (χ1v) is 5.37. The minimum atomic E-state index is 0.0705. The van der Waals surface area contributed by atoms with E-state index in [1.54, 1.807) is 7.11 Å². The summed E-state index contributed by atoms with van der Waals surface area (Å²) in [6, 6.07) is 0. The molecule has 0 aromatic carbocycles. The third-order valence-corrected chi connectivity index (χ3v) is 1.73. The van der Waals surface area contributed by atoms with Crippen LogP contribution in [0.3, 0.4) is 0 Å². The highest BCUT2D eigenvalue weighted by Gasteiger charge is 1.90. The average molecular weight is 221 g/mol. The molecule has 0 fully saturated rings. The number of ether oxygens (including phenoxy) is 3. The van der Waals surface area contributed by atoms with Gasteiger partial charge in [-0.3, -0.25) is 0 Å². The summed E-state index contributed by atoms with van der Waals surface area (Å²) in [7, 11) is 1.70. The molecule has 0 saturated carbocycles. The maximum atomic E-state index is 8.42. The lowest BCUT2D eigenvalue weighted by Gasteiger charge is -2.06. The van der Waals surface area contributed by atoms with Crippen molar-refractivity contribution >= 4 is 0 Å². The van der Waals surface area contributed by atoms with Crippen LogP contribution in [0.15, 0.2) is 0 Å². The van der Waals surface area contributed by atoms with Crippen LogP contribution in [0.4, 0.5) is 0 Å². The first-order chi connectivity index (χ1) is 7.41. The van der Waals surface area contributed by atoms with Crippen LogP contribution in [0.25, 0.3) is 0 Å². The number of methoxy groups -OCH3 is 1. The van der Waals surface area contributed by atoms with Crippen molar-refractivity contribution in [2.24, 2.45) is 0 Å². The van der Waals surface area contributed by atoms with Gasteiger partial charge >= 0.3 is 0 Å². The Morgan fingerprint density at radius 1 is 0.933 bits per heavy atom. The van der Waals surface area contributed by atoms with Gasteiger partial charge in [0.05, 0.1) is 33.0 Å². The van der Waals surface area contributed by atoms with Crippen molar-refractivity contribution in [1.29, 1.82) is 0 Å². The van der Waals surface area contributed by atoms with Crippen LogP contribution in [-0.4, -0.2) is 64.9 Å². The van der Waals surface area contributed by atoms with E-state index in [-0.39, 0.29) is 6.61 Å². The minimum Gasteiger partial charge on any atom is -0.394 e. The van der Waals surface area contributed by atoms with Gasteiger partial charge in [0.15, 0.2) is 0 Å². The molecule has 0 aliphatic rings. The van der Waals surface area contributed by atoms with Gasteiger partial charge in [0.25, 0.3) is 0 Å². The van der Waals surface area contributed by atoms with Gasteiger partial charge in [-0.2, -0.15) is 0 Å². The van der Waals surface area contributed by atoms with Crippen molar-refractivity contribution in [3.8, 4) is 0 Å². The minimum absolute atomic E-state index is 0.0705. The van der Waals surface area contributed by atoms with E-state index in [0.717, 1.165) is 26.1 Å². The second kappa shape index (κ2) is 13.8. The predicted molar refractivity (Wildman–Crippen MR) is 58.1 cm³/mol. The highest BCUT2D eigenvalue weighted by atomic mass is 16.5. The summed E-state index contributed by atoms with van der Waals surface area (Å²) in [5, 5.41) is 11.7. The highest BCUT2D eigenvalue weighted by Crippen LogP contribution is 1.79. The van der Waals surface area contributed by atoms with E-state index in [1.165, 1.54) is 0 Å². The Morgan fingerprint density at radius 3 is 2.33 bits per heavy atom. The molecule has 0 unspecified atom stereocenters. The molecule has 0 radical (unpaired) electrons. The SMILES string of the molecule is COCCCNCCOCCOCCO. The fourth-order valence-corrected chi connectivity index (χ4v) is 0.997. The van der Waals surface area contributed by atoms with E-state index < -0.39 is 0 Å². The highest BCUT2D eigenvalue weighted by molar-refractivity contribution is 4.46. The van der Waals surface area contributed by atoms with Gasteiger partial charge in [-0.1, -0.05) is 0 Å². The lowest BCUT2D eigenvalue weighted by atomic mass is 10.4. The van der Waals surface area contributed by atoms with Gasteiger partial charge in [-0.05, 0) is 13.0 Å². The van der Waals surface area contributed by atoms with Crippen LogP contribution < -0.4 is 5.32 Å². The van der Waals surface area contributed by atoms with Crippen LogP contribution >= 0.6 is 0 Å². The third kappa shape index (κ3) is 13.8. The van der Waals surface area contributed by atoms with E-state index in [9.17, 15) is 0 Å². The fraction of sp³-hybridized carbons (Fsp3) is 1.00. The molecule has 0 amide bonds. The molecule has 0 heterocycles. The van der Waals surface area contributed by atoms with E-state index in [4.69, 9.17) is 19.3 Å². The smallest absolute Gasteiger partial charge is 0.0701 e. The molecule has 0 aliphatic carbocycles. The maximum absolute atomic E-state index is 8.42. The summed E-state index contributed by atoms with van der Waals surface area (Å²) in [5.74, 6) is 0. The Kier molecular flexibility index (Phi) is 13.6. The first-order valence-electron chi connectivity index (χ1n) is 5.37. The van der Waals surface area contributed by atoms with Crippen LogP contribution in [0, 0.1) is 0 Å². The van der Waals surface area contributed by atoms with Crippen LogP contribution in [0.1, 0.15) is 6.42 Å². The molecule has 0 rings (SSSR count). The second-order valence-corrected chi connectivity index (χ2v) is 3.04. The number of nitrogens with one attached hydrogen (secondary N) is 1. The number of aliphatic hydroxyl groups is 1. The first kappa shape index (κ1) is 14.8. The van der Waals surface area contributed by atoms with E-state index in [2.05, 4.69) is 5.32 Å². The second-order valence-electron chi connectivity index (χ2n) is 3.04. The lowest BCUT2D eigenvalue weighted by molar-refractivity contribution is 0.0340. The summed E-state index contributed by atoms with van der Waals surface area (Å²) in [5.41, 5.74) is 0. The molecule has 0 aromatic rings. The summed E-state index contributed by atoms with van der Waals surface area (Å²) in [6.45, 7) is 4.88. The van der Waals surface area contributed by atoms with E-state index in [1.807, 2.05) is 0 Å². The number of rotatable bonds is 12. The molecule has 0 aromatic heterocycles. The third-order valence-electron chi connectivity index (χ3n) is 1.73. The molecule has 0 atom stereocenters. The van der Waals surface area contributed by atoms with Crippen molar-refractivity contribution in [1.82, 2.24) is 5.32 Å². The Balaban J connectivity index is 2.81. The Labute approximate surface area is 91.7 Å². The van der Waals surface area contributed by atoms with Gasteiger partial charge in [0.2, 0.25) is 0 Å². The topological polar surface area (TPSA) is 60.0 Å². The Bertz CT molecular complexity index is 102. The summed E-state index contributed by atoms with van der Waals surface area (Å²) in [4.78, 5) is 0. The number of hydrogen-bond donors (Lipinski definition) is 2.